The molecule has 0 saturated carbocycles. The van der Waals surface area contributed by atoms with E-state index in [1.807, 2.05) is 0 Å². The van der Waals surface area contributed by atoms with Crippen LogP contribution in [-0.2, 0) is 28.6 Å². The van der Waals surface area contributed by atoms with Gasteiger partial charge in [0, 0.05) is 19.3 Å². The van der Waals surface area contributed by atoms with Gasteiger partial charge in [0.25, 0.3) is 0 Å². The monoisotopic (exact) mass is 849 g/mol. The molecule has 1 unspecified atom stereocenters. The number of hydrogen-bond acceptors (Lipinski definition) is 6. The predicted octanol–water partition coefficient (Wildman–Crippen LogP) is 17.3. The van der Waals surface area contributed by atoms with Gasteiger partial charge in [-0.1, -0.05) is 259 Å². The van der Waals surface area contributed by atoms with Crippen molar-refractivity contribution >= 4 is 17.9 Å². The average Bonchev–Trinajstić information content (AvgIpc) is 3.23. The highest BCUT2D eigenvalue weighted by molar-refractivity contribution is 5.71. The molecule has 0 rings (SSSR count). The average molecular weight is 849 g/mol. The predicted molar refractivity (Wildman–Crippen MR) is 256 cm³/mol. The van der Waals surface area contributed by atoms with E-state index in [1.165, 1.54) is 186 Å². The Balaban J connectivity index is 4.16. The van der Waals surface area contributed by atoms with Crippen LogP contribution in [0.1, 0.15) is 298 Å². The molecule has 0 saturated heterocycles. The molecule has 2 atom stereocenters. The van der Waals surface area contributed by atoms with Crippen LogP contribution in [0, 0.1) is 11.8 Å². The number of carbonyl (C=O) groups excluding carboxylic acids is 3. The summed E-state index contributed by atoms with van der Waals surface area (Å²) in [6, 6.07) is 0. The quantitative estimate of drug-likeness (QED) is 0.0345. The van der Waals surface area contributed by atoms with E-state index in [1.54, 1.807) is 0 Å². The molecule has 0 aliphatic heterocycles. The number of hydrogen-bond donors (Lipinski definition) is 0. The minimum absolute atomic E-state index is 0.0641. The second-order valence-electron chi connectivity index (χ2n) is 19.2. The van der Waals surface area contributed by atoms with Gasteiger partial charge in [0.2, 0.25) is 0 Å². The molecule has 0 aliphatic carbocycles. The first kappa shape index (κ1) is 58.4. The van der Waals surface area contributed by atoms with Crippen LogP contribution in [0.15, 0.2) is 0 Å². The summed E-state index contributed by atoms with van der Waals surface area (Å²) in [5, 5.41) is 0. The third kappa shape index (κ3) is 45.9. The lowest BCUT2D eigenvalue weighted by atomic mass is 9.99. The topological polar surface area (TPSA) is 78.9 Å². The Morgan fingerprint density at radius 3 is 0.950 bits per heavy atom. The molecule has 6 nitrogen and oxygen atoms in total. The zero-order valence-electron chi connectivity index (χ0n) is 41.1. The van der Waals surface area contributed by atoms with Crippen molar-refractivity contribution in [2.24, 2.45) is 11.8 Å². The maximum Gasteiger partial charge on any atom is 0.306 e. The first-order valence-corrected chi connectivity index (χ1v) is 26.8. The molecule has 6 heteroatoms. The Hall–Kier alpha value is -1.59. The molecule has 0 aromatic carbocycles. The summed E-state index contributed by atoms with van der Waals surface area (Å²) in [5.41, 5.74) is 0. The largest absolute Gasteiger partial charge is 0.462 e. The van der Waals surface area contributed by atoms with Crippen LogP contribution < -0.4 is 0 Å². The lowest BCUT2D eigenvalue weighted by molar-refractivity contribution is -0.167. The molecule has 0 fully saturated rings. The molecule has 0 heterocycles. The highest BCUT2D eigenvalue weighted by Crippen LogP contribution is 2.18. The lowest BCUT2D eigenvalue weighted by Gasteiger charge is -2.18. The fourth-order valence-corrected chi connectivity index (χ4v) is 8.13. The Kier molecular flexibility index (Phi) is 45.7. The van der Waals surface area contributed by atoms with Crippen molar-refractivity contribution in [3.05, 3.63) is 0 Å². The van der Waals surface area contributed by atoms with Gasteiger partial charge in [-0.15, -0.1) is 0 Å². The first-order chi connectivity index (χ1) is 29.3. The standard InChI is InChI=1S/C54H104O6/c1-6-8-9-10-27-34-39-44-52(55)58-47-51(48-59-53(56)45-40-35-30-25-22-21-24-29-33-38-43-50(5)7-2)60-54(57)46-41-36-31-26-20-18-16-14-12-11-13-15-17-19-23-28-32-37-42-49(3)4/h49-51H,6-48H2,1-5H3/t50?,51-/m1/s1. The van der Waals surface area contributed by atoms with E-state index in [4.69, 9.17) is 14.2 Å². The van der Waals surface area contributed by atoms with E-state index in [9.17, 15) is 14.4 Å². The van der Waals surface area contributed by atoms with Crippen molar-refractivity contribution < 1.29 is 28.6 Å². The summed E-state index contributed by atoms with van der Waals surface area (Å²) in [7, 11) is 0. The van der Waals surface area contributed by atoms with Gasteiger partial charge >= 0.3 is 17.9 Å². The Labute approximate surface area is 374 Å². The smallest absolute Gasteiger partial charge is 0.306 e. The second-order valence-corrected chi connectivity index (χ2v) is 19.2. The second kappa shape index (κ2) is 46.9. The van der Waals surface area contributed by atoms with Gasteiger partial charge in [-0.3, -0.25) is 14.4 Å². The molecule has 0 aromatic heterocycles. The van der Waals surface area contributed by atoms with Crippen LogP contribution in [0.2, 0.25) is 0 Å². The molecule has 60 heavy (non-hydrogen) atoms. The van der Waals surface area contributed by atoms with E-state index < -0.39 is 6.10 Å². The molecule has 0 aliphatic rings. The van der Waals surface area contributed by atoms with Gasteiger partial charge in [-0.2, -0.15) is 0 Å². The summed E-state index contributed by atoms with van der Waals surface area (Å²) >= 11 is 0. The van der Waals surface area contributed by atoms with Crippen molar-refractivity contribution in [1.82, 2.24) is 0 Å². The van der Waals surface area contributed by atoms with Crippen LogP contribution in [-0.4, -0.2) is 37.2 Å². The molecule has 0 bridgehead atoms. The van der Waals surface area contributed by atoms with Crippen molar-refractivity contribution in [3.63, 3.8) is 0 Å². The molecular formula is C54H104O6. The zero-order chi connectivity index (χ0) is 44.0. The molecule has 0 amide bonds. The number of carbonyl (C=O) groups is 3. The Morgan fingerprint density at radius 2 is 0.633 bits per heavy atom. The van der Waals surface area contributed by atoms with Gasteiger partial charge in [-0.25, -0.2) is 0 Å². The fourth-order valence-electron chi connectivity index (χ4n) is 8.13. The molecule has 0 aromatic rings. The third-order valence-electron chi connectivity index (χ3n) is 12.6. The lowest BCUT2D eigenvalue weighted by Crippen LogP contribution is -2.30. The number of rotatable bonds is 48. The highest BCUT2D eigenvalue weighted by atomic mass is 16.6. The van der Waals surface area contributed by atoms with Crippen LogP contribution in [0.5, 0.6) is 0 Å². The van der Waals surface area contributed by atoms with Gasteiger partial charge in [0.1, 0.15) is 13.2 Å². The summed E-state index contributed by atoms with van der Waals surface area (Å²) in [4.78, 5) is 37.8. The first-order valence-electron chi connectivity index (χ1n) is 26.8. The minimum Gasteiger partial charge on any atom is -0.462 e. The molecular weight excluding hydrogens is 745 g/mol. The van der Waals surface area contributed by atoms with E-state index >= 15 is 0 Å². The summed E-state index contributed by atoms with van der Waals surface area (Å²) < 4.78 is 16.8. The Morgan fingerprint density at radius 1 is 0.350 bits per heavy atom. The van der Waals surface area contributed by atoms with Gasteiger partial charge < -0.3 is 14.2 Å². The van der Waals surface area contributed by atoms with Gasteiger partial charge in [-0.05, 0) is 31.1 Å². The molecule has 0 N–H and O–H groups in total. The van der Waals surface area contributed by atoms with Crippen molar-refractivity contribution in [3.8, 4) is 0 Å². The summed E-state index contributed by atoms with van der Waals surface area (Å²) in [6.45, 7) is 11.4. The van der Waals surface area contributed by atoms with E-state index in [0.29, 0.717) is 19.3 Å². The van der Waals surface area contributed by atoms with E-state index in [0.717, 1.165) is 69.6 Å². The van der Waals surface area contributed by atoms with Crippen LogP contribution in [0.4, 0.5) is 0 Å². The van der Waals surface area contributed by atoms with Crippen molar-refractivity contribution in [2.75, 3.05) is 13.2 Å². The van der Waals surface area contributed by atoms with Gasteiger partial charge in [0.05, 0.1) is 0 Å². The van der Waals surface area contributed by atoms with E-state index in [2.05, 4.69) is 34.6 Å². The SMILES string of the molecule is CCCCCCCCCC(=O)OC[C@H](COC(=O)CCCCCCCCCCCCC(C)CC)OC(=O)CCCCCCCCCCCCCCCCCCCCC(C)C. The highest BCUT2D eigenvalue weighted by Gasteiger charge is 2.19. The van der Waals surface area contributed by atoms with Crippen LogP contribution in [0.25, 0.3) is 0 Å². The van der Waals surface area contributed by atoms with Crippen LogP contribution >= 0.6 is 0 Å². The number of esters is 3. The van der Waals surface area contributed by atoms with Crippen LogP contribution in [0.3, 0.4) is 0 Å². The third-order valence-corrected chi connectivity index (χ3v) is 12.6. The molecule has 0 radical (unpaired) electrons. The van der Waals surface area contributed by atoms with E-state index in [-0.39, 0.29) is 31.1 Å². The fraction of sp³-hybridized carbons (Fsp3) is 0.944. The summed E-state index contributed by atoms with van der Waals surface area (Å²) in [6.07, 6.45) is 48.2. The number of unbranched alkanes of at least 4 members (excludes halogenated alkanes) is 32. The maximum atomic E-state index is 12.8. The zero-order valence-corrected chi connectivity index (χ0v) is 41.1. The molecule has 0 spiro atoms. The molecule has 356 valence electrons. The maximum absolute atomic E-state index is 12.8. The van der Waals surface area contributed by atoms with Crippen molar-refractivity contribution in [1.29, 1.82) is 0 Å². The number of ether oxygens (including phenoxy) is 3. The minimum atomic E-state index is -0.760. The normalized spacial score (nSPS) is 12.5. The van der Waals surface area contributed by atoms with Gasteiger partial charge in [0.15, 0.2) is 6.10 Å². The summed E-state index contributed by atoms with van der Waals surface area (Å²) in [5.74, 6) is 0.875. The Bertz CT molecular complexity index is 918. The van der Waals surface area contributed by atoms with Crippen molar-refractivity contribution in [2.45, 2.75) is 304 Å².